The third-order valence-corrected chi connectivity index (χ3v) is 4.86. The van der Waals surface area contributed by atoms with Crippen LogP contribution in [-0.2, 0) is 9.53 Å². The summed E-state index contributed by atoms with van der Waals surface area (Å²) in [6.07, 6.45) is 2.36. The van der Waals surface area contributed by atoms with Crippen LogP contribution >= 0.6 is 11.6 Å². The molecule has 0 aromatic heterocycles. The van der Waals surface area contributed by atoms with E-state index in [1.807, 2.05) is 11.8 Å². The molecule has 18 heavy (non-hydrogen) atoms. The van der Waals surface area contributed by atoms with Gasteiger partial charge in [-0.15, -0.1) is 11.6 Å². The van der Waals surface area contributed by atoms with Gasteiger partial charge in [-0.3, -0.25) is 4.79 Å². The van der Waals surface area contributed by atoms with E-state index in [-0.39, 0.29) is 24.0 Å². The smallest absolute Gasteiger partial charge is 0.228 e. The normalized spacial score (nSPS) is 40.4. The first-order chi connectivity index (χ1) is 8.54. The van der Waals surface area contributed by atoms with E-state index in [1.165, 1.54) is 0 Å². The lowest BCUT2D eigenvalue weighted by Gasteiger charge is -2.24. The van der Waals surface area contributed by atoms with E-state index in [0.717, 1.165) is 25.9 Å². The van der Waals surface area contributed by atoms with Crippen molar-refractivity contribution in [3.8, 4) is 0 Å². The van der Waals surface area contributed by atoms with Crippen LogP contribution in [0, 0.1) is 17.8 Å². The third kappa shape index (κ3) is 2.67. The van der Waals surface area contributed by atoms with Crippen LogP contribution in [-0.4, -0.2) is 42.0 Å². The molecule has 2 saturated heterocycles. The highest BCUT2D eigenvalue weighted by Gasteiger charge is 2.44. The number of hydrogen-bond donors (Lipinski definition) is 0. The Balaban J connectivity index is 1.96. The molecule has 2 aliphatic rings. The first-order valence-corrected chi connectivity index (χ1v) is 7.58. The van der Waals surface area contributed by atoms with Crippen LogP contribution in [0.1, 0.15) is 33.6 Å². The van der Waals surface area contributed by atoms with Crippen molar-refractivity contribution in [2.24, 2.45) is 17.8 Å². The molecule has 0 aromatic carbocycles. The van der Waals surface area contributed by atoms with Crippen LogP contribution in [0.15, 0.2) is 0 Å². The highest BCUT2D eigenvalue weighted by molar-refractivity contribution is 6.17. The Kier molecular flexibility index (Phi) is 4.54. The molecule has 2 aliphatic heterocycles. The molecule has 2 rings (SSSR count). The molecule has 1 amide bonds. The number of nitrogens with zero attached hydrogens (tertiary/aromatic N) is 1. The molecule has 0 aliphatic carbocycles. The van der Waals surface area contributed by atoms with Gasteiger partial charge in [0.2, 0.25) is 5.91 Å². The number of carbonyl (C=O) groups is 1. The molecule has 3 nitrogen and oxygen atoms in total. The van der Waals surface area contributed by atoms with E-state index in [2.05, 4.69) is 13.8 Å². The summed E-state index contributed by atoms with van der Waals surface area (Å²) in [5, 5.41) is 0. The van der Waals surface area contributed by atoms with Gasteiger partial charge < -0.3 is 9.64 Å². The van der Waals surface area contributed by atoms with Crippen LogP contribution in [0.25, 0.3) is 0 Å². The zero-order chi connectivity index (χ0) is 13.3. The average molecular weight is 274 g/mol. The summed E-state index contributed by atoms with van der Waals surface area (Å²) in [4.78, 5) is 14.6. The van der Waals surface area contributed by atoms with E-state index < -0.39 is 0 Å². The molecule has 2 fully saturated rings. The van der Waals surface area contributed by atoms with Crippen molar-refractivity contribution in [1.82, 2.24) is 4.90 Å². The SMILES string of the molecule is CC1OC(C)C(C(=O)N2CCC(CCCl)C2)C1C. The van der Waals surface area contributed by atoms with Gasteiger partial charge >= 0.3 is 0 Å². The molecule has 0 aromatic rings. The van der Waals surface area contributed by atoms with Crippen LogP contribution in [0.2, 0.25) is 0 Å². The highest BCUT2D eigenvalue weighted by Crippen LogP contribution is 2.34. The van der Waals surface area contributed by atoms with Gasteiger partial charge in [0.05, 0.1) is 18.1 Å². The Morgan fingerprint density at radius 1 is 1.33 bits per heavy atom. The number of halogens is 1. The van der Waals surface area contributed by atoms with Gasteiger partial charge in [-0.1, -0.05) is 6.92 Å². The summed E-state index contributed by atoms with van der Waals surface area (Å²) in [5.74, 6) is 1.94. The van der Waals surface area contributed by atoms with Gasteiger partial charge in [-0.2, -0.15) is 0 Å². The topological polar surface area (TPSA) is 29.5 Å². The molecule has 5 unspecified atom stereocenters. The summed E-state index contributed by atoms with van der Waals surface area (Å²) in [5.41, 5.74) is 0. The second-order valence-electron chi connectivity index (χ2n) is 5.85. The Morgan fingerprint density at radius 2 is 2.06 bits per heavy atom. The Bertz CT molecular complexity index is 310. The first kappa shape index (κ1) is 14.1. The van der Waals surface area contributed by atoms with E-state index in [0.29, 0.717) is 17.7 Å². The monoisotopic (exact) mass is 273 g/mol. The number of amides is 1. The number of alkyl halides is 1. The van der Waals surface area contributed by atoms with E-state index in [4.69, 9.17) is 16.3 Å². The van der Waals surface area contributed by atoms with Crippen LogP contribution < -0.4 is 0 Å². The van der Waals surface area contributed by atoms with Gasteiger partial charge in [0, 0.05) is 19.0 Å². The predicted octanol–water partition coefficient (Wildman–Crippen LogP) is 2.52. The summed E-state index contributed by atoms with van der Waals surface area (Å²) in [6, 6.07) is 0. The summed E-state index contributed by atoms with van der Waals surface area (Å²) < 4.78 is 5.77. The summed E-state index contributed by atoms with van der Waals surface area (Å²) >= 11 is 5.78. The largest absolute Gasteiger partial charge is 0.374 e. The van der Waals surface area contributed by atoms with Gasteiger partial charge in [0.1, 0.15) is 0 Å². The minimum absolute atomic E-state index is 0.0368. The van der Waals surface area contributed by atoms with Crippen molar-refractivity contribution < 1.29 is 9.53 Å². The van der Waals surface area contributed by atoms with Crippen molar-refractivity contribution in [1.29, 1.82) is 0 Å². The number of rotatable bonds is 3. The quantitative estimate of drug-likeness (QED) is 0.740. The maximum Gasteiger partial charge on any atom is 0.228 e. The Morgan fingerprint density at radius 3 is 2.61 bits per heavy atom. The molecule has 0 bridgehead atoms. The molecular formula is C14H24ClNO2. The number of ether oxygens (including phenoxy) is 1. The number of likely N-dealkylation sites (tertiary alicyclic amines) is 1. The van der Waals surface area contributed by atoms with Crippen molar-refractivity contribution in [3.05, 3.63) is 0 Å². The van der Waals surface area contributed by atoms with E-state index in [1.54, 1.807) is 0 Å². The van der Waals surface area contributed by atoms with Gasteiger partial charge in [0.25, 0.3) is 0 Å². The molecule has 4 heteroatoms. The third-order valence-electron chi connectivity index (χ3n) is 4.64. The van der Waals surface area contributed by atoms with Crippen molar-refractivity contribution in [2.75, 3.05) is 19.0 Å². The Labute approximate surface area is 115 Å². The Hall–Kier alpha value is -0.280. The maximum absolute atomic E-state index is 12.6. The fourth-order valence-corrected chi connectivity index (χ4v) is 3.63. The van der Waals surface area contributed by atoms with Crippen LogP contribution in [0.4, 0.5) is 0 Å². The molecule has 5 atom stereocenters. The lowest BCUT2D eigenvalue weighted by Crippen LogP contribution is -2.39. The predicted molar refractivity (Wildman–Crippen MR) is 72.7 cm³/mol. The van der Waals surface area contributed by atoms with Crippen LogP contribution in [0.3, 0.4) is 0 Å². The summed E-state index contributed by atoms with van der Waals surface area (Å²) in [7, 11) is 0. The lowest BCUT2D eigenvalue weighted by molar-refractivity contribution is -0.136. The number of carbonyl (C=O) groups excluding carboxylic acids is 1. The van der Waals surface area contributed by atoms with Crippen LogP contribution in [0.5, 0.6) is 0 Å². The molecule has 0 N–H and O–H groups in total. The zero-order valence-electron chi connectivity index (χ0n) is 11.6. The maximum atomic E-state index is 12.6. The highest BCUT2D eigenvalue weighted by atomic mass is 35.5. The first-order valence-electron chi connectivity index (χ1n) is 7.04. The molecule has 0 saturated carbocycles. The summed E-state index contributed by atoms with van der Waals surface area (Å²) in [6.45, 7) is 7.99. The second kappa shape index (κ2) is 5.79. The van der Waals surface area contributed by atoms with E-state index >= 15 is 0 Å². The van der Waals surface area contributed by atoms with Crippen molar-refractivity contribution in [3.63, 3.8) is 0 Å². The molecule has 0 spiro atoms. The fourth-order valence-electron chi connectivity index (χ4n) is 3.33. The zero-order valence-corrected chi connectivity index (χ0v) is 12.3. The molecule has 104 valence electrons. The minimum atomic E-state index is 0.0368. The van der Waals surface area contributed by atoms with Crippen molar-refractivity contribution >= 4 is 17.5 Å². The molecular weight excluding hydrogens is 250 g/mol. The van der Waals surface area contributed by atoms with Gasteiger partial charge in [-0.25, -0.2) is 0 Å². The van der Waals surface area contributed by atoms with Gasteiger partial charge in [0.15, 0.2) is 0 Å². The fraction of sp³-hybridized carbons (Fsp3) is 0.929. The molecule has 2 heterocycles. The second-order valence-corrected chi connectivity index (χ2v) is 6.23. The standard InChI is InChI=1S/C14H24ClNO2/c1-9-10(2)18-11(3)13(9)14(17)16-7-5-12(8-16)4-6-15/h9-13H,4-8H2,1-3H3. The van der Waals surface area contributed by atoms with E-state index in [9.17, 15) is 4.79 Å². The number of hydrogen-bond acceptors (Lipinski definition) is 2. The van der Waals surface area contributed by atoms with Crippen molar-refractivity contribution in [2.45, 2.75) is 45.8 Å². The minimum Gasteiger partial charge on any atom is -0.374 e. The van der Waals surface area contributed by atoms with Gasteiger partial charge in [-0.05, 0) is 38.5 Å². The molecule has 0 radical (unpaired) electrons. The lowest BCUT2D eigenvalue weighted by atomic mass is 9.88. The average Bonchev–Trinajstić information content (AvgIpc) is 2.86.